The van der Waals surface area contributed by atoms with Crippen LogP contribution in [0, 0.1) is 0 Å². The van der Waals surface area contributed by atoms with E-state index in [4.69, 9.17) is 9.84 Å². The van der Waals surface area contributed by atoms with Gasteiger partial charge in [-0.25, -0.2) is 14.8 Å². The fourth-order valence-electron chi connectivity index (χ4n) is 2.63. The van der Waals surface area contributed by atoms with Gasteiger partial charge in [-0.05, 0) is 32.6 Å². The number of aromatic carboxylic acids is 1. The zero-order chi connectivity index (χ0) is 15.7. The smallest absolute Gasteiger partial charge is 0.434 e. The molecule has 1 aromatic heterocycles. The van der Waals surface area contributed by atoms with Gasteiger partial charge in [0.2, 0.25) is 0 Å². The van der Waals surface area contributed by atoms with Crippen LogP contribution in [0.2, 0.25) is 0 Å². The normalized spacial score (nSPS) is 17.9. The first kappa shape index (κ1) is 15.7. The molecule has 0 radical (unpaired) electrons. The number of hydrogen-bond acceptors (Lipinski definition) is 4. The summed E-state index contributed by atoms with van der Waals surface area (Å²) in [5.41, 5.74) is -3.31. The maximum atomic E-state index is 13.0. The fraction of sp³-hybridized carbons (Fsp3) is 0.615. The molecular formula is C13H15F3N2O3. The maximum Gasteiger partial charge on any atom is 0.434 e. The second-order valence-corrected chi connectivity index (χ2v) is 4.89. The second kappa shape index (κ2) is 5.59. The lowest BCUT2D eigenvalue weighted by Gasteiger charge is -2.27. The van der Waals surface area contributed by atoms with E-state index in [0.29, 0.717) is 25.6 Å². The van der Waals surface area contributed by atoms with Crippen molar-refractivity contribution in [3.63, 3.8) is 0 Å². The first-order chi connectivity index (χ1) is 9.80. The predicted octanol–water partition coefficient (Wildman–Crippen LogP) is 3.00. The molecule has 0 amide bonds. The summed E-state index contributed by atoms with van der Waals surface area (Å²) in [6, 6.07) is 0. The number of carboxylic acid groups (broad SMARTS) is 1. The molecule has 0 saturated heterocycles. The van der Waals surface area contributed by atoms with E-state index in [1.54, 1.807) is 6.92 Å². The lowest BCUT2D eigenvalue weighted by Crippen LogP contribution is -2.31. The summed E-state index contributed by atoms with van der Waals surface area (Å²) < 4.78 is 44.6. The summed E-state index contributed by atoms with van der Waals surface area (Å²) in [4.78, 5) is 18.2. The van der Waals surface area contributed by atoms with Crippen LogP contribution in [0.25, 0.3) is 0 Å². The largest absolute Gasteiger partial charge is 0.478 e. The second-order valence-electron chi connectivity index (χ2n) is 4.89. The van der Waals surface area contributed by atoms with Crippen molar-refractivity contribution in [3.8, 4) is 0 Å². The Morgan fingerprint density at radius 1 is 1.43 bits per heavy atom. The van der Waals surface area contributed by atoms with Gasteiger partial charge in [0, 0.05) is 12.8 Å². The molecule has 1 N–H and O–H groups in total. The van der Waals surface area contributed by atoms with Crippen molar-refractivity contribution >= 4 is 5.97 Å². The van der Waals surface area contributed by atoms with E-state index in [0.717, 1.165) is 12.8 Å². The van der Waals surface area contributed by atoms with Gasteiger partial charge in [0.25, 0.3) is 0 Å². The fourth-order valence-corrected chi connectivity index (χ4v) is 2.63. The molecule has 116 valence electrons. The van der Waals surface area contributed by atoms with Crippen LogP contribution in [0.1, 0.15) is 54.5 Å². The predicted molar refractivity (Wildman–Crippen MR) is 65.8 cm³/mol. The Bertz CT molecular complexity index is 540. The molecule has 2 rings (SSSR count). The van der Waals surface area contributed by atoms with E-state index in [1.165, 1.54) is 0 Å². The van der Waals surface area contributed by atoms with E-state index < -0.39 is 29.0 Å². The minimum absolute atomic E-state index is 0.0841. The van der Waals surface area contributed by atoms with Crippen molar-refractivity contribution in [2.45, 2.75) is 44.4 Å². The van der Waals surface area contributed by atoms with E-state index in [1.807, 2.05) is 0 Å². The Balaban J connectivity index is 2.53. The molecule has 5 nitrogen and oxygen atoms in total. The highest BCUT2D eigenvalue weighted by Gasteiger charge is 2.43. The van der Waals surface area contributed by atoms with Crippen LogP contribution in [0.3, 0.4) is 0 Å². The number of ether oxygens (including phenoxy) is 1. The van der Waals surface area contributed by atoms with Crippen LogP contribution in [0.5, 0.6) is 0 Å². The van der Waals surface area contributed by atoms with E-state index >= 15 is 0 Å². The summed E-state index contributed by atoms with van der Waals surface area (Å²) in [7, 11) is 0. The average Bonchev–Trinajstić information content (AvgIpc) is 2.87. The molecule has 8 heteroatoms. The summed E-state index contributed by atoms with van der Waals surface area (Å²) >= 11 is 0. The van der Waals surface area contributed by atoms with Crippen molar-refractivity contribution in [2.75, 3.05) is 6.61 Å². The molecule has 0 bridgehead atoms. The van der Waals surface area contributed by atoms with Gasteiger partial charge in [-0.1, -0.05) is 0 Å². The molecule has 1 heterocycles. The number of carboxylic acids is 1. The number of halogens is 3. The van der Waals surface area contributed by atoms with Gasteiger partial charge in [0.1, 0.15) is 11.2 Å². The Labute approximate surface area is 119 Å². The van der Waals surface area contributed by atoms with E-state index in [-0.39, 0.29) is 5.82 Å². The monoisotopic (exact) mass is 304 g/mol. The maximum absolute atomic E-state index is 13.0. The van der Waals surface area contributed by atoms with Gasteiger partial charge in [0.15, 0.2) is 11.5 Å². The van der Waals surface area contributed by atoms with Gasteiger partial charge < -0.3 is 9.84 Å². The Kier molecular flexibility index (Phi) is 4.18. The summed E-state index contributed by atoms with van der Waals surface area (Å²) in [5.74, 6) is -1.79. The number of nitrogens with zero attached hydrogens (tertiary/aromatic N) is 2. The highest BCUT2D eigenvalue weighted by molar-refractivity contribution is 5.88. The molecular weight excluding hydrogens is 289 g/mol. The van der Waals surface area contributed by atoms with Crippen LogP contribution in [-0.2, 0) is 16.5 Å². The molecule has 0 spiro atoms. The van der Waals surface area contributed by atoms with Gasteiger partial charge >= 0.3 is 12.1 Å². The van der Waals surface area contributed by atoms with Gasteiger partial charge in [-0.3, -0.25) is 0 Å². The first-order valence-corrected chi connectivity index (χ1v) is 6.62. The zero-order valence-corrected chi connectivity index (χ0v) is 11.4. The Hall–Kier alpha value is -1.70. The number of alkyl halides is 3. The first-order valence-electron chi connectivity index (χ1n) is 6.62. The molecule has 1 saturated carbocycles. The molecule has 0 aromatic carbocycles. The molecule has 1 aromatic rings. The summed E-state index contributed by atoms with van der Waals surface area (Å²) in [6.07, 6.45) is -1.45. The lowest BCUT2D eigenvalue weighted by molar-refractivity contribution is -0.142. The molecule has 1 fully saturated rings. The number of rotatable bonds is 4. The van der Waals surface area contributed by atoms with Gasteiger partial charge in [-0.15, -0.1) is 0 Å². The van der Waals surface area contributed by atoms with Gasteiger partial charge in [0.05, 0.1) is 0 Å². The van der Waals surface area contributed by atoms with Crippen molar-refractivity contribution in [2.24, 2.45) is 0 Å². The Morgan fingerprint density at radius 2 is 2.05 bits per heavy atom. The summed E-state index contributed by atoms with van der Waals surface area (Å²) in [5, 5.41) is 8.84. The van der Waals surface area contributed by atoms with Gasteiger partial charge in [-0.2, -0.15) is 13.2 Å². The standard InChI is InChI=1S/C13H15F3N2O3/c1-2-21-12(5-3-4-6-12)11-17-7-8(10(19)20)9(18-11)13(14,15)16/h7H,2-6H2,1H3,(H,19,20). The Morgan fingerprint density at radius 3 is 2.52 bits per heavy atom. The average molecular weight is 304 g/mol. The third-order valence-electron chi connectivity index (χ3n) is 3.53. The minimum atomic E-state index is -4.85. The molecule has 0 aliphatic heterocycles. The third-order valence-corrected chi connectivity index (χ3v) is 3.53. The van der Waals surface area contributed by atoms with Crippen LogP contribution >= 0.6 is 0 Å². The quantitative estimate of drug-likeness (QED) is 0.925. The van der Waals surface area contributed by atoms with Crippen LogP contribution in [-0.4, -0.2) is 27.7 Å². The topological polar surface area (TPSA) is 72.3 Å². The van der Waals surface area contributed by atoms with E-state index in [9.17, 15) is 18.0 Å². The zero-order valence-electron chi connectivity index (χ0n) is 11.4. The van der Waals surface area contributed by atoms with Crippen LogP contribution < -0.4 is 0 Å². The third kappa shape index (κ3) is 2.99. The molecule has 21 heavy (non-hydrogen) atoms. The molecule has 1 aliphatic rings. The summed E-state index contributed by atoms with van der Waals surface area (Å²) in [6.45, 7) is 2.07. The highest BCUT2D eigenvalue weighted by atomic mass is 19.4. The number of carbonyl (C=O) groups is 1. The van der Waals surface area contributed by atoms with Crippen molar-refractivity contribution < 1.29 is 27.8 Å². The lowest BCUT2D eigenvalue weighted by atomic mass is 10.0. The highest BCUT2D eigenvalue weighted by Crippen LogP contribution is 2.41. The molecule has 0 unspecified atom stereocenters. The minimum Gasteiger partial charge on any atom is -0.478 e. The van der Waals surface area contributed by atoms with Crippen LogP contribution in [0.15, 0.2) is 6.20 Å². The number of hydrogen-bond donors (Lipinski definition) is 1. The van der Waals surface area contributed by atoms with E-state index in [2.05, 4.69) is 9.97 Å². The van der Waals surface area contributed by atoms with Crippen molar-refractivity contribution in [1.29, 1.82) is 0 Å². The molecule has 1 aliphatic carbocycles. The van der Waals surface area contributed by atoms with Crippen molar-refractivity contribution in [3.05, 3.63) is 23.3 Å². The number of aromatic nitrogens is 2. The van der Waals surface area contributed by atoms with Crippen LogP contribution in [0.4, 0.5) is 13.2 Å². The molecule has 0 atom stereocenters. The SMILES string of the molecule is CCOC1(c2ncc(C(=O)O)c(C(F)(F)F)n2)CCCC1. The van der Waals surface area contributed by atoms with Crippen molar-refractivity contribution in [1.82, 2.24) is 9.97 Å².